The van der Waals surface area contributed by atoms with Gasteiger partial charge in [0.2, 0.25) is 5.88 Å². The molecule has 0 aliphatic heterocycles. The molecule has 0 saturated carbocycles. The smallest absolute Gasteiger partial charge is 0.230 e. The van der Waals surface area contributed by atoms with Gasteiger partial charge in [0.1, 0.15) is 11.4 Å². The van der Waals surface area contributed by atoms with Gasteiger partial charge in [0, 0.05) is 5.56 Å². The Balaban J connectivity index is 2.27. The van der Waals surface area contributed by atoms with Crippen molar-refractivity contribution in [1.29, 1.82) is 0 Å². The SMILES string of the molecule is COc1ccc(C)cc1-c1c(-c2sccc2C)noc1N. The van der Waals surface area contributed by atoms with Gasteiger partial charge in [-0.05, 0) is 43.0 Å². The number of ether oxygens (including phenoxy) is 1. The normalized spacial score (nSPS) is 10.8. The van der Waals surface area contributed by atoms with Crippen LogP contribution in [0.1, 0.15) is 11.1 Å². The number of nitrogen functional groups attached to an aromatic ring is 1. The first-order valence-electron chi connectivity index (χ1n) is 6.56. The van der Waals surface area contributed by atoms with E-state index >= 15 is 0 Å². The summed E-state index contributed by atoms with van der Waals surface area (Å²) in [7, 11) is 1.65. The van der Waals surface area contributed by atoms with Crippen molar-refractivity contribution in [2.75, 3.05) is 12.8 Å². The maximum Gasteiger partial charge on any atom is 0.230 e. The van der Waals surface area contributed by atoms with E-state index in [-0.39, 0.29) is 0 Å². The van der Waals surface area contributed by atoms with Gasteiger partial charge in [0.25, 0.3) is 0 Å². The lowest BCUT2D eigenvalue weighted by atomic mass is 10.0. The number of benzene rings is 1. The van der Waals surface area contributed by atoms with E-state index in [0.717, 1.165) is 38.6 Å². The Morgan fingerprint density at radius 3 is 2.71 bits per heavy atom. The zero-order valence-electron chi connectivity index (χ0n) is 12.1. The van der Waals surface area contributed by atoms with Crippen molar-refractivity contribution in [2.45, 2.75) is 13.8 Å². The van der Waals surface area contributed by atoms with Crippen LogP contribution in [0.25, 0.3) is 21.7 Å². The molecule has 0 atom stereocenters. The largest absolute Gasteiger partial charge is 0.496 e. The maximum atomic E-state index is 6.02. The van der Waals surface area contributed by atoms with E-state index in [2.05, 4.69) is 11.2 Å². The number of hydrogen-bond acceptors (Lipinski definition) is 5. The van der Waals surface area contributed by atoms with Crippen LogP contribution in [0, 0.1) is 13.8 Å². The Morgan fingerprint density at radius 2 is 2.05 bits per heavy atom. The number of aryl methyl sites for hydroxylation is 2. The highest BCUT2D eigenvalue weighted by Crippen LogP contribution is 2.43. The van der Waals surface area contributed by atoms with Gasteiger partial charge < -0.3 is 15.0 Å². The molecule has 0 aliphatic carbocycles. The molecule has 0 unspecified atom stereocenters. The van der Waals surface area contributed by atoms with Gasteiger partial charge in [-0.3, -0.25) is 0 Å². The van der Waals surface area contributed by atoms with E-state index in [1.165, 1.54) is 0 Å². The van der Waals surface area contributed by atoms with Crippen molar-refractivity contribution in [1.82, 2.24) is 5.16 Å². The van der Waals surface area contributed by atoms with Gasteiger partial charge in [0.15, 0.2) is 0 Å². The summed E-state index contributed by atoms with van der Waals surface area (Å²) in [6.45, 7) is 4.08. The minimum absolute atomic E-state index is 0.307. The third-order valence-electron chi connectivity index (χ3n) is 3.42. The predicted molar refractivity (Wildman–Crippen MR) is 85.7 cm³/mol. The average Bonchev–Trinajstić information content (AvgIpc) is 3.04. The van der Waals surface area contributed by atoms with Crippen LogP contribution in [-0.4, -0.2) is 12.3 Å². The second kappa shape index (κ2) is 5.26. The highest BCUT2D eigenvalue weighted by Gasteiger charge is 2.22. The molecule has 0 bridgehead atoms. The number of thiophene rings is 1. The third kappa shape index (κ3) is 2.29. The van der Waals surface area contributed by atoms with Crippen LogP contribution in [0.4, 0.5) is 5.88 Å². The molecule has 0 spiro atoms. The molecular formula is C16H16N2O2S. The van der Waals surface area contributed by atoms with Crippen LogP contribution in [0.3, 0.4) is 0 Å². The topological polar surface area (TPSA) is 61.3 Å². The van der Waals surface area contributed by atoms with Crippen LogP contribution < -0.4 is 10.5 Å². The Bertz CT molecular complexity index is 789. The first-order valence-corrected chi connectivity index (χ1v) is 7.44. The lowest BCUT2D eigenvalue weighted by molar-refractivity contribution is 0.416. The van der Waals surface area contributed by atoms with Gasteiger partial charge in [-0.25, -0.2) is 0 Å². The quantitative estimate of drug-likeness (QED) is 0.784. The average molecular weight is 300 g/mol. The van der Waals surface area contributed by atoms with E-state index in [1.54, 1.807) is 18.4 Å². The molecule has 5 heteroatoms. The molecule has 2 N–H and O–H groups in total. The number of nitrogens with two attached hydrogens (primary N) is 1. The number of anilines is 1. The van der Waals surface area contributed by atoms with Crippen LogP contribution >= 0.6 is 11.3 Å². The number of aromatic nitrogens is 1. The highest BCUT2D eigenvalue weighted by atomic mass is 32.1. The second-order valence-electron chi connectivity index (χ2n) is 4.91. The number of rotatable bonds is 3. The molecule has 0 radical (unpaired) electrons. The van der Waals surface area contributed by atoms with Crippen molar-refractivity contribution in [3.05, 3.63) is 40.8 Å². The van der Waals surface area contributed by atoms with Crippen LogP contribution in [0.5, 0.6) is 5.75 Å². The van der Waals surface area contributed by atoms with Gasteiger partial charge in [-0.15, -0.1) is 11.3 Å². The second-order valence-corrected chi connectivity index (χ2v) is 5.82. The lowest BCUT2D eigenvalue weighted by Crippen LogP contribution is -1.93. The van der Waals surface area contributed by atoms with Crippen LogP contribution in [0.15, 0.2) is 34.2 Å². The molecule has 1 aromatic carbocycles. The molecule has 21 heavy (non-hydrogen) atoms. The summed E-state index contributed by atoms with van der Waals surface area (Å²) in [6, 6.07) is 8.03. The summed E-state index contributed by atoms with van der Waals surface area (Å²) in [4.78, 5) is 1.06. The van der Waals surface area contributed by atoms with Crippen LogP contribution in [-0.2, 0) is 0 Å². The Kier molecular flexibility index (Phi) is 3.43. The summed E-state index contributed by atoms with van der Waals surface area (Å²) < 4.78 is 10.7. The van der Waals surface area contributed by atoms with Crippen LogP contribution in [0.2, 0.25) is 0 Å². The van der Waals surface area contributed by atoms with Gasteiger partial charge in [-0.1, -0.05) is 16.8 Å². The fourth-order valence-corrected chi connectivity index (χ4v) is 3.26. The molecular weight excluding hydrogens is 284 g/mol. The highest BCUT2D eigenvalue weighted by molar-refractivity contribution is 7.13. The molecule has 3 aromatic rings. The van der Waals surface area contributed by atoms with E-state index in [9.17, 15) is 0 Å². The van der Waals surface area contributed by atoms with Crippen molar-refractivity contribution in [3.8, 4) is 27.4 Å². The molecule has 2 heterocycles. The zero-order chi connectivity index (χ0) is 15.0. The van der Waals surface area contributed by atoms with E-state index in [4.69, 9.17) is 15.0 Å². The first kappa shape index (κ1) is 13.7. The van der Waals surface area contributed by atoms with Crippen molar-refractivity contribution in [3.63, 3.8) is 0 Å². The van der Waals surface area contributed by atoms with E-state index in [0.29, 0.717) is 5.88 Å². The van der Waals surface area contributed by atoms with Crippen molar-refractivity contribution < 1.29 is 9.26 Å². The minimum atomic E-state index is 0.307. The Hall–Kier alpha value is -2.27. The third-order valence-corrected chi connectivity index (χ3v) is 4.44. The first-order chi connectivity index (χ1) is 10.1. The molecule has 2 aromatic heterocycles. The Morgan fingerprint density at radius 1 is 1.24 bits per heavy atom. The minimum Gasteiger partial charge on any atom is -0.496 e. The molecule has 0 amide bonds. The van der Waals surface area contributed by atoms with Gasteiger partial charge in [-0.2, -0.15) is 0 Å². The lowest BCUT2D eigenvalue weighted by Gasteiger charge is -2.09. The van der Waals surface area contributed by atoms with Crippen molar-refractivity contribution in [2.24, 2.45) is 0 Å². The number of nitrogens with zero attached hydrogens (tertiary/aromatic N) is 1. The summed E-state index contributed by atoms with van der Waals surface area (Å²) in [5.74, 6) is 1.06. The Labute approximate surface area is 127 Å². The fraction of sp³-hybridized carbons (Fsp3) is 0.188. The molecule has 0 saturated heterocycles. The predicted octanol–water partition coefficient (Wildman–Crippen LogP) is 4.28. The summed E-state index contributed by atoms with van der Waals surface area (Å²) in [5, 5.41) is 6.19. The molecule has 108 valence electrons. The molecule has 0 aliphatic rings. The van der Waals surface area contributed by atoms with Gasteiger partial charge >= 0.3 is 0 Å². The maximum absolute atomic E-state index is 6.02. The zero-order valence-corrected chi connectivity index (χ0v) is 13.0. The molecule has 0 fully saturated rings. The standard InChI is InChI=1S/C16H16N2O2S/c1-9-4-5-12(19-3)11(8-9)13-14(18-20-16(13)17)15-10(2)6-7-21-15/h4-8H,17H2,1-3H3. The molecule has 4 nitrogen and oxygen atoms in total. The summed E-state index contributed by atoms with van der Waals surface area (Å²) in [6.07, 6.45) is 0. The number of hydrogen-bond donors (Lipinski definition) is 1. The van der Waals surface area contributed by atoms with E-state index in [1.807, 2.05) is 37.4 Å². The van der Waals surface area contributed by atoms with Gasteiger partial charge in [0.05, 0.1) is 17.6 Å². The summed E-state index contributed by atoms with van der Waals surface area (Å²) >= 11 is 1.62. The van der Waals surface area contributed by atoms with Crippen molar-refractivity contribution >= 4 is 17.2 Å². The molecule has 3 rings (SSSR count). The van der Waals surface area contributed by atoms with E-state index < -0.39 is 0 Å². The fourth-order valence-electron chi connectivity index (χ4n) is 2.35. The number of methoxy groups -OCH3 is 1. The summed E-state index contributed by atoms with van der Waals surface area (Å²) in [5.41, 5.74) is 10.8. The monoisotopic (exact) mass is 300 g/mol.